The van der Waals surface area contributed by atoms with E-state index in [9.17, 15) is 4.39 Å². The predicted molar refractivity (Wildman–Crippen MR) is 76.4 cm³/mol. The molecule has 0 spiro atoms. The number of rotatable bonds is 2. The second-order valence-electron chi connectivity index (χ2n) is 4.84. The predicted octanol–water partition coefficient (Wildman–Crippen LogP) is 4.02. The maximum absolute atomic E-state index is 13.9. The first-order chi connectivity index (χ1) is 8.09. The van der Waals surface area contributed by atoms with Crippen molar-refractivity contribution in [2.75, 3.05) is 6.54 Å². The fraction of sp³-hybridized carbons (Fsp3) is 0.538. The van der Waals surface area contributed by atoms with Gasteiger partial charge in [-0.05, 0) is 52.7 Å². The lowest BCUT2D eigenvalue weighted by Gasteiger charge is -2.37. The smallest absolute Gasteiger partial charge is 0.140 e. The second kappa shape index (κ2) is 5.77. The number of hydrogen-bond acceptors (Lipinski definition) is 1. The Hall–Kier alpha value is 0.0200. The average molecular weight is 318 g/mol. The number of nitrogens with zero attached hydrogens (tertiary/aromatic N) is 1. The van der Waals surface area contributed by atoms with Crippen LogP contribution < -0.4 is 0 Å². The van der Waals surface area contributed by atoms with Crippen LogP contribution in [-0.2, 0) is 6.42 Å². The molecular weight excluding hydrogens is 300 g/mol. The molecule has 0 aromatic heterocycles. The Morgan fingerprint density at radius 2 is 2.29 bits per heavy atom. The van der Waals surface area contributed by atoms with Crippen LogP contribution >= 0.6 is 25.3 Å². The lowest BCUT2D eigenvalue weighted by atomic mass is 9.88. The van der Waals surface area contributed by atoms with Gasteiger partial charge in [0.2, 0.25) is 0 Å². The van der Waals surface area contributed by atoms with Gasteiger partial charge in [0.15, 0.2) is 0 Å². The molecule has 1 aromatic carbocycles. The molecule has 0 N–H and O–H groups in total. The van der Waals surface area contributed by atoms with Gasteiger partial charge in [-0.25, -0.2) is 4.39 Å². The Kier molecular flexibility index (Phi) is 4.57. The molecule has 17 heavy (non-hydrogen) atoms. The van der Waals surface area contributed by atoms with Gasteiger partial charge in [-0.2, -0.15) is 0 Å². The van der Waals surface area contributed by atoms with E-state index in [0.717, 1.165) is 18.5 Å². The van der Waals surface area contributed by atoms with Crippen LogP contribution in [0, 0.1) is 11.7 Å². The average Bonchev–Trinajstić information content (AvgIpc) is 2.29. The van der Waals surface area contributed by atoms with Crippen molar-refractivity contribution in [3.8, 4) is 0 Å². The van der Waals surface area contributed by atoms with E-state index in [2.05, 4.69) is 36.9 Å². The zero-order valence-electron chi connectivity index (χ0n) is 10.00. The first-order valence-electron chi connectivity index (χ1n) is 6.04. The molecule has 3 unspecified atom stereocenters. The van der Waals surface area contributed by atoms with E-state index >= 15 is 0 Å². The quantitative estimate of drug-likeness (QED) is 0.745. The van der Waals surface area contributed by atoms with Crippen LogP contribution in [0.4, 0.5) is 4.39 Å². The van der Waals surface area contributed by atoms with Crippen molar-refractivity contribution in [3.05, 3.63) is 34.1 Å². The Bertz CT molecular complexity index is 389. The summed E-state index contributed by atoms with van der Waals surface area (Å²) in [5, 5.41) is 0. The van der Waals surface area contributed by atoms with Crippen molar-refractivity contribution in [1.82, 2.24) is 4.67 Å². The Labute approximate surface area is 113 Å². The van der Waals surface area contributed by atoms with Gasteiger partial charge in [-0.1, -0.05) is 28.4 Å². The standard InChI is InChI=1S/C13H18BrFNP/c1-9-4-3-7-16(17)12(9)8-10-5-2-6-11(14)13(10)15/h2,5-6,9,12H,3-4,7-8,17H2,1H3. The van der Waals surface area contributed by atoms with Crippen LogP contribution in [0.25, 0.3) is 0 Å². The molecule has 0 aliphatic carbocycles. The van der Waals surface area contributed by atoms with E-state index in [0.29, 0.717) is 16.4 Å². The van der Waals surface area contributed by atoms with E-state index in [4.69, 9.17) is 0 Å². The second-order valence-corrected chi connectivity index (χ2v) is 6.36. The summed E-state index contributed by atoms with van der Waals surface area (Å²) < 4.78 is 16.8. The van der Waals surface area contributed by atoms with E-state index in [1.165, 1.54) is 12.8 Å². The summed E-state index contributed by atoms with van der Waals surface area (Å²) in [7, 11) is 2.79. The van der Waals surface area contributed by atoms with Gasteiger partial charge >= 0.3 is 0 Å². The van der Waals surface area contributed by atoms with Crippen LogP contribution in [0.15, 0.2) is 22.7 Å². The van der Waals surface area contributed by atoms with Gasteiger partial charge in [0.25, 0.3) is 0 Å². The molecule has 0 bridgehead atoms. The van der Waals surface area contributed by atoms with Crippen molar-refractivity contribution < 1.29 is 4.39 Å². The molecule has 0 saturated carbocycles. The normalized spacial score (nSPS) is 26.1. The molecule has 94 valence electrons. The minimum atomic E-state index is -0.108. The molecular formula is C13H18BrFNP. The van der Waals surface area contributed by atoms with Crippen LogP contribution in [0.2, 0.25) is 0 Å². The van der Waals surface area contributed by atoms with E-state index in [1.54, 1.807) is 6.07 Å². The maximum Gasteiger partial charge on any atom is 0.140 e. The van der Waals surface area contributed by atoms with Gasteiger partial charge in [0, 0.05) is 12.6 Å². The lowest BCUT2D eigenvalue weighted by molar-refractivity contribution is 0.198. The molecule has 0 amide bonds. The Balaban J connectivity index is 2.16. The van der Waals surface area contributed by atoms with Crippen LogP contribution in [0.3, 0.4) is 0 Å². The zero-order chi connectivity index (χ0) is 12.4. The van der Waals surface area contributed by atoms with Gasteiger partial charge in [0.05, 0.1) is 4.47 Å². The summed E-state index contributed by atoms with van der Waals surface area (Å²) in [5.41, 5.74) is 0.811. The van der Waals surface area contributed by atoms with E-state index < -0.39 is 0 Å². The van der Waals surface area contributed by atoms with E-state index in [1.807, 2.05) is 12.1 Å². The topological polar surface area (TPSA) is 3.24 Å². The summed E-state index contributed by atoms with van der Waals surface area (Å²) in [6.45, 7) is 3.35. The molecule has 0 radical (unpaired) electrons. The molecule has 1 nitrogen and oxygen atoms in total. The van der Waals surface area contributed by atoms with Crippen molar-refractivity contribution in [3.63, 3.8) is 0 Å². The molecule has 2 rings (SSSR count). The molecule has 1 saturated heterocycles. The largest absolute Gasteiger partial charge is 0.284 e. The van der Waals surface area contributed by atoms with Crippen LogP contribution in [0.1, 0.15) is 25.3 Å². The summed E-state index contributed by atoms with van der Waals surface area (Å²) in [4.78, 5) is 0. The molecule has 1 aromatic rings. The minimum Gasteiger partial charge on any atom is -0.284 e. The summed E-state index contributed by atoms with van der Waals surface area (Å²) in [6.07, 6.45) is 3.27. The number of halogens is 2. The van der Waals surface area contributed by atoms with Crippen LogP contribution in [0.5, 0.6) is 0 Å². The number of hydrogen-bond donors (Lipinski definition) is 0. The third-order valence-corrected chi connectivity index (χ3v) is 4.87. The van der Waals surface area contributed by atoms with Crippen molar-refractivity contribution >= 4 is 25.3 Å². The minimum absolute atomic E-state index is 0.108. The molecule has 3 atom stereocenters. The fourth-order valence-electron chi connectivity index (χ4n) is 2.53. The van der Waals surface area contributed by atoms with Crippen LogP contribution in [-0.4, -0.2) is 17.3 Å². The fourth-order valence-corrected chi connectivity index (χ4v) is 3.52. The van der Waals surface area contributed by atoms with Gasteiger partial charge in [0.1, 0.15) is 5.82 Å². The molecule has 4 heteroatoms. The van der Waals surface area contributed by atoms with Crippen molar-refractivity contribution in [2.45, 2.75) is 32.2 Å². The van der Waals surface area contributed by atoms with Gasteiger partial charge in [-0.3, -0.25) is 4.67 Å². The van der Waals surface area contributed by atoms with Crippen molar-refractivity contribution in [1.29, 1.82) is 0 Å². The highest BCUT2D eigenvalue weighted by Crippen LogP contribution is 2.30. The summed E-state index contributed by atoms with van der Waals surface area (Å²) in [5.74, 6) is 0.517. The first-order valence-corrected chi connectivity index (χ1v) is 7.34. The highest BCUT2D eigenvalue weighted by atomic mass is 79.9. The third kappa shape index (κ3) is 3.07. The van der Waals surface area contributed by atoms with E-state index in [-0.39, 0.29) is 5.82 Å². The van der Waals surface area contributed by atoms with Crippen molar-refractivity contribution in [2.24, 2.45) is 5.92 Å². The Morgan fingerprint density at radius 3 is 3.00 bits per heavy atom. The van der Waals surface area contributed by atoms with Gasteiger partial charge < -0.3 is 0 Å². The molecule has 1 aliphatic heterocycles. The van der Waals surface area contributed by atoms with Gasteiger partial charge in [-0.15, -0.1) is 0 Å². The molecule has 1 fully saturated rings. The summed E-state index contributed by atoms with van der Waals surface area (Å²) in [6, 6.07) is 5.97. The molecule has 1 aliphatic rings. The monoisotopic (exact) mass is 317 g/mol. The lowest BCUT2D eigenvalue weighted by Crippen LogP contribution is -2.39. The summed E-state index contributed by atoms with van der Waals surface area (Å²) >= 11 is 3.25. The highest BCUT2D eigenvalue weighted by molar-refractivity contribution is 9.10. The third-order valence-electron chi connectivity index (χ3n) is 3.62. The number of piperidine rings is 1. The zero-order valence-corrected chi connectivity index (χ0v) is 12.7. The maximum atomic E-state index is 13.9. The SMILES string of the molecule is CC1CCCN(P)C1Cc1cccc(Br)c1F. The molecule has 1 heterocycles. The highest BCUT2D eigenvalue weighted by Gasteiger charge is 2.27. The Morgan fingerprint density at radius 1 is 1.53 bits per heavy atom. The first kappa shape index (κ1) is 13.5. The number of benzene rings is 1.